The first-order chi connectivity index (χ1) is 10.2. The first-order valence-electron chi connectivity index (χ1n) is 7.50. The van der Waals surface area contributed by atoms with Crippen LogP contribution >= 0.6 is 0 Å². The van der Waals surface area contributed by atoms with E-state index in [9.17, 15) is 4.39 Å². The summed E-state index contributed by atoms with van der Waals surface area (Å²) >= 11 is 0. The summed E-state index contributed by atoms with van der Waals surface area (Å²) in [6, 6.07) is 16.0. The van der Waals surface area contributed by atoms with E-state index in [1.165, 1.54) is 11.6 Å². The van der Waals surface area contributed by atoms with E-state index >= 15 is 0 Å². The summed E-state index contributed by atoms with van der Waals surface area (Å²) in [5.74, 6) is -0.156. The number of halogens is 1. The molecule has 2 nitrogen and oxygen atoms in total. The Hall–Kier alpha value is -1.87. The van der Waals surface area contributed by atoms with Gasteiger partial charge in [-0.2, -0.15) is 0 Å². The van der Waals surface area contributed by atoms with E-state index in [1.54, 1.807) is 6.07 Å². The number of benzene rings is 2. The lowest BCUT2D eigenvalue weighted by Crippen LogP contribution is -2.26. The van der Waals surface area contributed by atoms with Crippen LogP contribution in [0.5, 0.6) is 0 Å². The van der Waals surface area contributed by atoms with Crippen LogP contribution in [0.3, 0.4) is 0 Å². The number of para-hydroxylation sites is 1. The molecule has 0 aromatic heterocycles. The average Bonchev–Trinajstić information content (AvgIpc) is 2.91. The van der Waals surface area contributed by atoms with Gasteiger partial charge in [-0.1, -0.05) is 42.5 Å². The van der Waals surface area contributed by atoms with Gasteiger partial charge in [-0.25, -0.2) is 4.39 Å². The molecule has 1 heterocycles. The Morgan fingerprint density at radius 2 is 1.95 bits per heavy atom. The molecule has 0 aliphatic carbocycles. The molecule has 1 saturated heterocycles. The maximum atomic E-state index is 13.9. The van der Waals surface area contributed by atoms with Gasteiger partial charge in [0.1, 0.15) is 5.82 Å². The normalized spacial score (nSPS) is 18.9. The van der Waals surface area contributed by atoms with Gasteiger partial charge in [0.15, 0.2) is 0 Å². The predicted octanol–water partition coefficient (Wildman–Crippen LogP) is 3.82. The van der Waals surface area contributed by atoms with Crippen molar-refractivity contribution in [3.05, 3.63) is 65.5 Å². The molecular formula is C18H21FN2. The second kappa shape index (κ2) is 6.27. The number of hydrogen-bond donors (Lipinski definition) is 1. The van der Waals surface area contributed by atoms with Crippen molar-refractivity contribution in [2.24, 2.45) is 0 Å². The van der Waals surface area contributed by atoms with E-state index in [2.05, 4.69) is 34.5 Å². The van der Waals surface area contributed by atoms with E-state index in [1.807, 2.05) is 19.1 Å². The van der Waals surface area contributed by atoms with Gasteiger partial charge in [-0.15, -0.1) is 0 Å². The molecule has 1 aliphatic heterocycles. The van der Waals surface area contributed by atoms with Crippen LogP contribution in [0, 0.1) is 12.7 Å². The number of anilines is 1. The molecule has 0 bridgehead atoms. The van der Waals surface area contributed by atoms with Crippen molar-refractivity contribution >= 4 is 5.69 Å². The van der Waals surface area contributed by atoms with Crippen molar-refractivity contribution in [1.29, 1.82) is 0 Å². The summed E-state index contributed by atoms with van der Waals surface area (Å²) in [6.45, 7) is 4.93. The Labute approximate surface area is 125 Å². The fourth-order valence-corrected chi connectivity index (χ4v) is 2.95. The summed E-state index contributed by atoms with van der Waals surface area (Å²) in [5, 5.41) is 3.38. The Morgan fingerprint density at radius 3 is 2.71 bits per heavy atom. The Bertz CT molecular complexity index is 577. The van der Waals surface area contributed by atoms with Crippen molar-refractivity contribution < 1.29 is 4.39 Å². The number of likely N-dealkylation sites (tertiary alicyclic amines) is 1. The standard InChI is InChI=1S/C18H21FN2/c1-14-6-5-9-17(19)18(14)20-16-10-11-21(13-16)12-15-7-3-2-4-8-15/h2-9,16,20H,10-13H2,1H3. The van der Waals surface area contributed by atoms with Crippen LogP contribution in [0.25, 0.3) is 0 Å². The minimum Gasteiger partial charge on any atom is -0.378 e. The summed E-state index contributed by atoms with van der Waals surface area (Å²) in [5.41, 5.74) is 2.96. The quantitative estimate of drug-likeness (QED) is 0.918. The summed E-state index contributed by atoms with van der Waals surface area (Å²) in [6.07, 6.45) is 1.06. The van der Waals surface area contributed by atoms with Gasteiger partial charge in [0.25, 0.3) is 0 Å². The molecule has 0 saturated carbocycles. The van der Waals surface area contributed by atoms with Crippen LogP contribution in [0.4, 0.5) is 10.1 Å². The minimum absolute atomic E-state index is 0.156. The Morgan fingerprint density at radius 1 is 1.14 bits per heavy atom. The maximum absolute atomic E-state index is 13.9. The molecule has 0 amide bonds. The highest BCUT2D eigenvalue weighted by atomic mass is 19.1. The van der Waals surface area contributed by atoms with Gasteiger partial charge in [0.05, 0.1) is 5.69 Å². The third kappa shape index (κ3) is 3.42. The number of nitrogens with one attached hydrogen (secondary N) is 1. The van der Waals surface area contributed by atoms with Crippen molar-refractivity contribution in [3.8, 4) is 0 Å². The molecule has 3 heteroatoms. The lowest BCUT2D eigenvalue weighted by molar-refractivity contribution is 0.328. The Balaban J connectivity index is 1.60. The number of nitrogens with zero attached hydrogens (tertiary/aromatic N) is 1. The SMILES string of the molecule is Cc1cccc(F)c1NC1CCN(Cc2ccccc2)C1. The molecule has 110 valence electrons. The van der Waals surface area contributed by atoms with Gasteiger partial charge >= 0.3 is 0 Å². The molecule has 3 rings (SSSR count). The molecule has 1 N–H and O–H groups in total. The third-order valence-electron chi connectivity index (χ3n) is 4.09. The second-order valence-electron chi connectivity index (χ2n) is 5.78. The first-order valence-corrected chi connectivity index (χ1v) is 7.50. The van der Waals surface area contributed by atoms with Crippen LogP contribution in [-0.2, 0) is 6.54 Å². The summed E-state index contributed by atoms with van der Waals surface area (Å²) < 4.78 is 13.9. The van der Waals surface area contributed by atoms with Crippen molar-refractivity contribution in [1.82, 2.24) is 4.90 Å². The summed E-state index contributed by atoms with van der Waals surface area (Å²) in [4.78, 5) is 2.42. The van der Waals surface area contributed by atoms with Gasteiger partial charge in [0.2, 0.25) is 0 Å². The van der Waals surface area contributed by atoms with Gasteiger partial charge < -0.3 is 5.32 Å². The topological polar surface area (TPSA) is 15.3 Å². The zero-order valence-electron chi connectivity index (χ0n) is 12.3. The van der Waals surface area contributed by atoms with E-state index < -0.39 is 0 Å². The molecule has 1 atom stereocenters. The van der Waals surface area contributed by atoms with E-state index in [4.69, 9.17) is 0 Å². The highest BCUT2D eigenvalue weighted by Gasteiger charge is 2.23. The minimum atomic E-state index is -0.156. The number of hydrogen-bond acceptors (Lipinski definition) is 2. The van der Waals surface area contributed by atoms with Gasteiger partial charge in [-0.05, 0) is 30.5 Å². The first kappa shape index (κ1) is 14.1. The van der Waals surface area contributed by atoms with Crippen molar-refractivity contribution in [3.63, 3.8) is 0 Å². The van der Waals surface area contributed by atoms with Crippen molar-refractivity contribution in [2.45, 2.75) is 25.9 Å². The fraction of sp³-hybridized carbons (Fsp3) is 0.333. The van der Waals surface area contributed by atoms with E-state index in [0.29, 0.717) is 11.7 Å². The van der Waals surface area contributed by atoms with E-state index in [0.717, 1.165) is 31.6 Å². The van der Waals surface area contributed by atoms with Crippen LogP contribution in [0.1, 0.15) is 17.5 Å². The Kier molecular flexibility index (Phi) is 4.20. The molecule has 2 aromatic rings. The zero-order chi connectivity index (χ0) is 14.7. The van der Waals surface area contributed by atoms with Gasteiger partial charge in [0, 0.05) is 25.7 Å². The third-order valence-corrected chi connectivity index (χ3v) is 4.09. The lowest BCUT2D eigenvalue weighted by atomic mass is 10.1. The smallest absolute Gasteiger partial charge is 0.146 e. The predicted molar refractivity (Wildman–Crippen MR) is 84.9 cm³/mol. The molecule has 1 aliphatic rings. The number of aryl methyl sites for hydroxylation is 1. The largest absolute Gasteiger partial charge is 0.378 e. The van der Waals surface area contributed by atoms with E-state index in [-0.39, 0.29) is 5.82 Å². The molecular weight excluding hydrogens is 263 g/mol. The molecule has 1 fully saturated rings. The van der Waals surface area contributed by atoms with Crippen LogP contribution in [0.2, 0.25) is 0 Å². The lowest BCUT2D eigenvalue weighted by Gasteiger charge is -2.18. The molecule has 0 radical (unpaired) electrons. The van der Waals surface area contributed by atoms with Crippen LogP contribution in [0.15, 0.2) is 48.5 Å². The average molecular weight is 284 g/mol. The highest BCUT2D eigenvalue weighted by molar-refractivity contribution is 5.52. The fourth-order valence-electron chi connectivity index (χ4n) is 2.95. The molecule has 21 heavy (non-hydrogen) atoms. The zero-order valence-corrected chi connectivity index (χ0v) is 12.3. The highest BCUT2D eigenvalue weighted by Crippen LogP contribution is 2.23. The van der Waals surface area contributed by atoms with Crippen LogP contribution in [-0.4, -0.2) is 24.0 Å². The maximum Gasteiger partial charge on any atom is 0.146 e. The van der Waals surface area contributed by atoms with Crippen molar-refractivity contribution in [2.75, 3.05) is 18.4 Å². The van der Waals surface area contributed by atoms with Gasteiger partial charge in [-0.3, -0.25) is 4.90 Å². The molecule has 2 aromatic carbocycles. The summed E-state index contributed by atoms with van der Waals surface area (Å²) in [7, 11) is 0. The molecule has 0 spiro atoms. The monoisotopic (exact) mass is 284 g/mol. The molecule has 1 unspecified atom stereocenters. The number of rotatable bonds is 4. The van der Waals surface area contributed by atoms with Crippen LogP contribution < -0.4 is 5.32 Å². The second-order valence-corrected chi connectivity index (χ2v) is 5.78.